The average molecular weight is 126 g/mol. The van der Waals surface area contributed by atoms with Gasteiger partial charge in [-0.1, -0.05) is 26.3 Å². The summed E-state index contributed by atoms with van der Waals surface area (Å²) < 4.78 is 0. The van der Waals surface area contributed by atoms with Gasteiger partial charge in [-0.25, -0.2) is 0 Å². The Labute approximate surface area is 53.9 Å². The van der Waals surface area contributed by atoms with Crippen LogP contribution in [0.3, 0.4) is 0 Å². The summed E-state index contributed by atoms with van der Waals surface area (Å²) in [5.74, 6) is 0. The first kappa shape index (κ1) is 7.78. The molecule has 1 unspecified atom stereocenters. The topological polar surface area (TPSA) is 0 Å². The van der Waals surface area contributed by atoms with Gasteiger partial charge in [-0.3, -0.25) is 0 Å². The summed E-state index contributed by atoms with van der Waals surface area (Å²) in [6.07, 6.45) is 6.55. The molecule has 0 saturated heterocycles. The van der Waals surface area contributed by atoms with Crippen molar-refractivity contribution in [1.29, 1.82) is 0 Å². The Morgan fingerprint density at radius 2 is 2.12 bits per heavy atom. The van der Waals surface area contributed by atoms with Gasteiger partial charge in [0.25, 0.3) is 0 Å². The maximum absolute atomic E-state index is 5.28. The lowest BCUT2D eigenvalue weighted by atomic mass is 10.6. The summed E-state index contributed by atoms with van der Waals surface area (Å²) in [4.78, 5) is 0. The molecule has 1 heteroatoms. The fourth-order valence-corrected chi connectivity index (χ4v) is 2.26. The second-order valence-electron chi connectivity index (χ2n) is 2.06. The van der Waals surface area contributed by atoms with Crippen molar-refractivity contribution in [2.75, 3.05) is 0 Å². The minimum atomic E-state index is -0.664. The lowest BCUT2D eigenvalue weighted by Crippen LogP contribution is -2.05. The van der Waals surface area contributed by atoms with E-state index in [1.165, 1.54) is 18.5 Å². The summed E-state index contributed by atoms with van der Waals surface area (Å²) in [6, 6.07) is 2.59. The Morgan fingerprint density at radius 1 is 1.50 bits per heavy atom. The molecule has 0 aromatic heterocycles. The Balaban J connectivity index is 3.26. The van der Waals surface area contributed by atoms with Crippen LogP contribution in [0, 0.1) is 12.0 Å². The Hall–Kier alpha value is -0.223. The molecule has 46 valence electrons. The van der Waals surface area contributed by atoms with Crippen LogP contribution in [0.25, 0.3) is 0 Å². The first-order chi connectivity index (χ1) is 3.85. The van der Waals surface area contributed by atoms with Crippen molar-refractivity contribution in [3.8, 4) is 12.0 Å². The van der Waals surface area contributed by atoms with Crippen LogP contribution in [0.4, 0.5) is 0 Å². The number of terminal acetylenes is 1. The minimum absolute atomic E-state index is 0.664. The van der Waals surface area contributed by atoms with Gasteiger partial charge in [-0.05, 0) is 6.04 Å². The van der Waals surface area contributed by atoms with Crippen LogP contribution in [0.15, 0.2) is 0 Å². The van der Waals surface area contributed by atoms with Gasteiger partial charge in [0.05, 0.1) is 0 Å². The predicted molar refractivity (Wildman–Crippen MR) is 41.6 cm³/mol. The van der Waals surface area contributed by atoms with Crippen LogP contribution in [0.2, 0.25) is 12.1 Å². The molecule has 0 saturated carbocycles. The summed E-state index contributed by atoms with van der Waals surface area (Å²) in [5, 5.41) is 0. The molecule has 0 nitrogen and oxygen atoms in total. The van der Waals surface area contributed by atoms with E-state index in [-0.39, 0.29) is 0 Å². The monoisotopic (exact) mass is 126 g/mol. The third-order valence-corrected chi connectivity index (χ3v) is 4.10. The maximum Gasteiger partial charge on any atom is 0.122 e. The molecule has 0 aromatic rings. The van der Waals surface area contributed by atoms with Crippen molar-refractivity contribution in [2.45, 2.75) is 32.4 Å². The van der Waals surface area contributed by atoms with E-state index in [2.05, 4.69) is 19.4 Å². The molecule has 0 aromatic carbocycles. The molecule has 0 spiro atoms. The van der Waals surface area contributed by atoms with Crippen LogP contribution in [0.1, 0.15) is 20.3 Å². The average Bonchev–Trinajstić information content (AvgIpc) is 1.83. The molecule has 0 heterocycles. The molecule has 0 bridgehead atoms. The van der Waals surface area contributed by atoms with Gasteiger partial charge in [0.15, 0.2) is 0 Å². The highest BCUT2D eigenvalue weighted by molar-refractivity contribution is 6.67. The normalized spacial score (nSPS) is 12.6. The van der Waals surface area contributed by atoms with Crippen LogP contribution in [-0.4, -0.2) is 8.80 Å². The van der Waals surface area contributed by atoms with E-state index in [1.54, 1.807) is 0 Å². The standard InChI is InChI=1S/C7H14Si/c1-4-7-8(5-2)6-3/h2,8H,4,6-7H2,1,3H3. The fourth-order valence-electron chi connectivity index (χ4n) is 0.754. The smallest absolute Gasteiger partial charge is 0.122 e. The van der Waals surface area contributed by atoms with Crippen LogP contribution < -0.4 is 0 Å². The number of hydrogen-bond acceptors (Lipinski definition) is 0. The molecule has 8 heavy (non-hydrogen) atoms. The third kappa shape index (κ3) is 2.87. The van der Waals surface area contributed by atoms with E-state index in [9.17, 15) is 0 Å². The SMILES string of the molecule is C#C[SiH](CC)CCC. The fraction of sp³-hybridized carbons (Fsp3) is 0.714. The van der Waals surface area contributed by atoms with Crippen LogP contribution >= 0.6 is 0 Å². The molecule has 0 amide bonds. The Bertz CT molecular complexity index is 80.9. The van der Waals surface area contributed by atoms with Crippen LogP contribution in [0.5, 0.6) is 0 Å². The molecular formula is C7H14Si. The molecule has 1 atom stereocenters. The van der Waals surface area contributed by atoms with Gasteiger partial charge >= 0.3 is 0 Å². The highest BCUT2D eigenvalue weighted by atomic mass is 28.3. The van der Waals surface area contributed by atoms with E-state index in [4.69, 9.17) is 6.42 Å². The molecule has 0 aliphatic rings. The predicted octanol–water partition coefficient (Wildman–Crippen LogP) is 1.82. The highest BCUT2D eigenvalue weighted by Crippen LogP contribution is 1.99. The van der Waals surface area contributed by atoms with E-state index in [0.29, 0.717) is 0 Å². The molecule has 0 N–H and O–H groups in total. The molecule has 0 aliphatic carbocycles. The van der Waals surface area contributed by atoms with E-state index >= 15 is 0 Å². The zero-order valence-electron chi connectivity index (χ0n) is 5.78. The van der Waals surface area contributed by atoms with E-state index in [0.717, 1.165) is 0 Å². The van der Waals surface area contributed by atoms with Crippen molar-refractivity contribution in [2.24, 2.45) is 0 Å². The first-order valence-electron chi connectivity index (χ1n) is 3.31. The Kier molecular flexibility index (Phi) is 4.79. The van der Waals surface area contributed by atoms with Crippen molar-refractivity contribution < 1.29 is 0 Å². The van der Waals surface area contributed by atoms with E-state index < -0.39 is 8.80 Å². The first-order valence-corrected chi connectivity index (χ1v) is 5.52. The zero-order valence-corrected chi connectivity index (χ0v) is 6.93. The van der Waals surface area contributed by atoms with Gasteiger partial charge in [0.1, 0.15) is 8.80 Å². The van der Waals surface area contributed by atoms with Crippen molar-refractivity contribution in [1.82, 2.24) is 0 Å². The number of rotatable bonds is 3. The summed E-state index contributed by atoms with van der Waals surface area (Å²) in [5.41, 5.74) is 2.89. The highest BCUT2D eigenvalue weighted by Gasteiger charge is 1.99. The summed E-state index contributed by atoms with van der Waals surface area (Å²) >= 11 is 0. The summed E-state index contributed by atoms with van der Waals surface area (Å²) in [6.45, 7) is 4.40. The van der Waals surface area contributed by atoms with Gasteiger partial charge in [-0.2, -0.15) is 0 Å². The molecule has 0 radical (unpaired) electrons. The summed E-state index contributed by atoms with van der Waals surface area (Å²) in [7, 11) is -0.664. The zero-order chi connectivity index (χ0) is 6.41. The van der Waals surface area contributed by atoms with Gasteiger partial charge in [0, 0.05) is 0 Å². The molecule has 0 fully saturated rings. The Morgan fingerprint density at radius 3 is 2.25 bits per heavy atom. The van der Waals surface area contributed by atoms with E-state index in [1.807, 2.05) is 0 Å². The lowest BCUT2D eigenvalue weighted by Gasteiger charge is -1.99. The van der Waals surface area contributed by atoms with Crippen LogP contribution in [-0.2, 0) is 0 Å². The second kappa shape index (κ2) is 4.92. The molecule has 0 aliphatic heterocycles. The largest absolute Gasteiger partial charge is 0.139 e. The maximum atomic E-state index is 5.28. The van der Waals surface area contributed by atoms with Gasteiger partial charge < -0.3 is 0 Å². The molecular weight excluding hydrogens is 112 g/mol. The van der Waals surface area contributed by atoms with Gasteiger partial charge in [0.2, 0.25) is 0 Å². The number of hydrogen-bond donors (Lipinski definition) is 0. The molecule has 0 rings (SSSR count). The van der Waals surface area contributed by atoms with Gasteiger partial charge in [-0.15, -0.1) is 12.0 Å². The quantitative estimate of drug-likeness (QED) is 0.400. The van der Waals surface area contributed by atoms with Crippen molar-refractivity contribution in [3.05, 3.63) is 0 Å². The van der Waals surface area contributed by atoms with Crippen molar-refractivity contribution in [3.63, 3.8) is 0 Å². The lowest BCUT2D eigenvalue weighted by molar-refractivity contribution is 1.06. The minimum Gasteiger partial charge on any atom is -0.139 e. The van der Waals surface area contributed by atoms with Crippen molar-refractivity contribution >= 4 is 8.80 Å². The second-order valence-corrected chi connectivity index (χ2v) is 5.18. The third-order valence-electron chi connectivity index (χ3n) is 1.37.